The molecule has 0 bridgehead atoms. The van der Waals surface area contributed by atoms with Crippen molar-refractivity contribution < 1.29 is 27.5 Å². The Morgan fingerprint density at radius 2 is 2.21 bits per heavy atom. The van der Waals surface area contributed by atoms with Crippen LogP contribution in [0.1, 0.15) is 20.3 Å². The first kappa shape index (κ1) is 15.7. The fourth-order valence-corrected chi connectivity index (χ4v) is 2.97. The number of hydrogen-bond donors (Lipinski definition) is 1. The van der Waals surface area contributed by atoms with Gasteiger partial charge in [0.25, 0.3) is 0 Å². The van der Waals surface area contributed by atoms with E-state index in [1.54, 1.807) is 0 Å². The number of carbonyl (C=O) groups is 2. The number of hydrogen-bond acceptors (Lipinski definition) is 6. The summed E-state index contributed by atoms with van der Waals surface area (Å²) in [4.78, 5) is 22.4. The second-order valence-corrected chi connectivity index (χ2v) is 6.19. The van der Waals surface area contributed by atoms with Crippen molar-refractivity contribution in [2.45, 2.75) is 26.3 Å². The molecule has 0 aromatic rings. The molecule has 1 fully saturated rings. The second kappa shape index (κ2) is 6.20. The minimum Gasteiger partial charge on any atom is -0.468 e. The maximum atomic E-state index is 12.0. The van der Waals surface area contributed by atoms with Crippen LogP contribution in [0.25, 0.3) is 0 Å². The summed E-state index contributed by atoms with van der Waals surface area (Å²) in [5, 5.41) is 0. The zero-order valence-electron chi connectivity index (χ0n) is 11.1. The van der Waals surface area contributed by atoms with Crippen LogP contribution in [0.4, 0.5) is 4.79 Å². The van der Waals surface area contributed by atoms with E-state index in [0.29, 0.717) is 10.7 Å². The molecule has 0 aliphatic carbocycles. The maximum absolute atomic E-state index is 12.0. The average molecular weight is 294 g/mol. The number of carbonyl (C=O) groups excluding carboxylic acids is 2. The lowest BCUT2D eigenvalue weighted by atomic mass is 10.1. The van der Waals surface area contributed by atoms with Crippen molar-refractivity contribution in [3.8, 4) is 0 Å². The number of cyclic esters (lactones) is 1. The quantitative estimate of drug-likeness (QED) is 0.684. The zero-order valence-corrected chi connectivity index (χ0v) is 11.9. The van der Waals surface area contributed by atoms with E-state index < -0.39 is 34.9 Å². The van der Waals surface area contributed by atoms with Gasteiger partial charge >= 0.3 is 22.3 Å². The number of methoxy groups -OCH3 is 1. The Hall–Kier alpha value is -1.35. The van der Waals surface area contributed by atoms with Crippen LogP contribution in [0, 0.1) is 5.92 Å². The van der Waals surface area contributed by atoms with Crippen LogP contribution >= 0.6 is 0 Å². The Morgan fingerprint density at radius 1 is 1.58 bits per heavy atom. The molecular weight excluding hydrogens is 276 g/mol. The average Bonchev–Trinajstić information content (AvgIpc) is 2.67. The zero-order chi connectivity index (χ0) is 14.6. The van der Waals surface area contributed by atoms with Gasteiger partial charge in [-0.15, -0.1) is 0 Å². The number of nitrogens with zero attached hydrogens (tertiary/aromatic N) is 1. The third-order valence-corrected chi connectivity index (χ3v) is 4.01. The summed E-state index contributed by atoms with van der Waals surface area (Å²) in [6.45, 7) is 3.32. The molecule has 1 aliphatic heterocycles. The third kappa shape index (κ3) is 4.06. The first-order valence-electron chi connectivity index (χ1n) is 5.80. The van der Waals surface area contributed by atoms with Gasteiger partial charge in [-0.1, -0.05) is 13.8 Å². The summed E-state index contributed by atoms with van der Waals surface area (Å²) in [5.41, 5.74) is 0. The van der Waals surface area contributed by atoms with Crippen molar-refractivity contribution in [3.05, 3.63) is 0 Å². The van der Waals surface area contributed by atoms with Crippen LogP contribution in [-0.2, 0) is 24.5 Å². The third-order valence-electron chi connectivity index (χ3n) is 2.54. The van der Waals surface area contributed by atoms with Gasteiger partial charge in [0.2, 0.25) is 0 Å². The molecule has 0 aromatic heterocycles. The van der Waals surface area contributed by atoms with Crippen molar-refractivity contribution in [1.29, 1.82) is 0 Å². The summed E-state index contributed by atoms with van der Waals surface area (Å²) in [7, 11) is -2.96. The largest absolute Gasteiger partial charge is 0.468 e. The Labute approximate surface area is 112 Å². The molecule has 0 saturated carbocycles. The molecular formula is C10H18N2O6S. The van der Waals surface area contributed by atoms with Gasteiger partial charge in [0.1, 0.15) is 13.2 Å². The van der Waals surface area contributed by atoms with E-state index in [1.807, 2.05) is 18.6 Å². The number of esters is 1. The van der Waals surface area contributed by atoms with Crippen molar-refractivity contribution in [1.82, 2.24) is 9.03 Å². The highest BCUT2D eigenvalue weighted by molar-refractivity contribution is 7.87. The molecule has 1 heterocycles. The van der Waals surface area contributed by atoms with Gasteiger partial charge in [-0.25, -0.2) is 4.79 Å². The van der Waals surface area contributed by atoms with Crippen molar-refractivity contribution in [2.75, 3.05) is 20.3 Å². The van der Waals surface area contributed by atoms with Gasteiger partial charge < -0.3 is 9.47 Å². The molecule has 0 aromatic carbocycles. The van der Waals surface area contributed by atoms with E-state index in [2.05, 4.69) is 4.74 Å². The van der Waals surface area contributed by atoms with Gasteiger partial charge in [0, 0.05) is 0 Å². The van der Waals surface area contributed by atoms with Crippen LogP contribution in [0.3, 0.4) is 0 Å². The minimum absolute atomic E-state index is 0.0240. The molecule has 1 N–H and O–H groups in total. The number of rotatable bonds is 6. The van der Waals surface area contributed by atoms with E-state index in [0.717, 1.165) is 7.11 Å². The highest BCUT2D eigenvalue weighted by Crippen LogP contribution is 2.21. The fourth-order valence-electron chi connectivity index (χ4n) is 1.74. The first-order valence-corrected chi connectivity index (χ1v) is 7.24. The highest BCUT2D eigenvalue weighted by Gasteiger charge is 2.41. The normalized spacial score (nSPS) is 19.7. The molecule has 1 saturated heterocycles. The molecule has 1 amide bonds. The van der Waals surface area contributed by atoms with E-state index in [9.17, 15) is 18.0 Å². The molecule has 0 radical (unpaired) electrons. The summed E-state index contributed by atoms with van der Waals surface area (Å²) in [6.07, 6.45) is -0.437. The van der Waals surface area contributed by atoms with Crippen molar-refractivity contribution in [3.63, 3.8) is 0 Å². The Morgan fingerprint density at radius 3 is 2.74 bits per heavy atom. The van der Waals surface area contributed by atoms with Gasteiger partial charge in [-0.3, -0.25) is 4.79 Å². The number of nitrogens with one attached hydrogen (secondary N) is 1. The van der Waals surface area contributed by atoms with Crippen molar-refractivity contribution in [2.24, 2.45) is 5.92 Å². The van der Waals surface area contributed by atoms with Crippen LogP contribution in [0.5, 0.6) is 0 Å². The van der Waals surface area contributed by atoms with E-state index in [-0.39, 0.29) is 12.5 Å². The Balaban J connectivity index is 2.78. The van der Waals surface area contributed by atoms with Crippen LogP contribution in [0.15, 0.2) is 0 Å². The summed E-state index contributed by atoms with van der Waals surface area (Å²) in [6, 6.07) is -0.553. The molecule has 110 valence electrons. The van der Waals surface area contributed by atoms with Crippen LogP contribution < -0.4 is 4.72 Å². The molecule has 1 rings (SSSR count). The smallest absolute Gasteiger partial charge is 0.425 e. The molecule has 9 heteroatoms. The first-order chi connectivity index (χ1) is 8.77. The Bertz CT molecular complexity index is 447. The lowest BCUT2D eigenvalue weighted by Gasteiger charge is -2.22. The van der Waals surface area contributed by atoms with Crippen LogP contribution in [-0.4, -0.2) is 51.1 Å². The van der Waals surface area contributed by atoms with Gasteiger partial charge in [-0.2, -0.15) is 17.4 Å². The van der Waals surface area contributed by atoms with E-state index >= 15 is 0 Å². The second-order valence-electron chi connectivity index (χ2n) is 4.56. The van der Waals surface area contributed by atoms with Gasteiger partial charge in [0.15, 0.2) is 0 Å². The maximum Gasteiger partial charge on any atom is 0.425 e. The Kier molecular flexibility index (Phi) is 5.12. The summed E-state index contributed by atoms with van der Waals surface area (Å²) in [5.74, 6) is -0.533. The van der Waals surface area contributed by atoms with Gasteiger partial charge in [-0.05, 0) is 12.3 Å². The standard InChI is InChI=1S/C10H18N2O6S/c1-7(2)4-8-6-18-10(14)12(8)19(15,16)11-5-9(13)17-3/h7-8,11H,4-6H2,1-3H3/t8-/m0/s1. The SMILES string of the molecule is COC(=O)CNS(=O)(=O)N1C(=O)OC[C@@H]1CC(C)C. The molecule has 0 spiro atoms. The van der Waals surface area contributed by atoms with E-state index in [1.165, 1.54) is 0 Å². The molecule has 19 heavy (non-hydrogen) atoms. The summed E-state index contributed by atoms with van der Waals surface area (Å²) < 4.78 is 35.7. The molecule has 1 atom stereocenters. The lowest BCUT2D eigenvalue weighted by Crippen LogP contribution is -2.47. The monoisotopic (exact) mass is 294 g/mol. The van der Waals surface area contributed by atoms with Gasteiger partial charge in [0.05, 0.1) is 13.2 Å². The lowest BCUT2D eigenvalue weighted by molar-refractivity contribution is -0.139. The predicted molar refractivity (Wildman–Crippen MR) is 65.4 cm³/mol. The fraction of sp³-hybridized carbons (Fsp3) is 0.800. The molecule has 8 nitrogen and oxygen atoms in total. The van der Waals surface area contributed by atoms with E-state index in [4.69, 9.17) is 4.74 Å². The predicted octanol–water partition coefficient (Wildman–Crippen LogP) is -0.139. The highest BCUT2D eigenvalue weighted by atomic mass is 32.2. The number of amides is 1. The topological polar surface area (TPSA) is 102 Å². The minimum atomic E-state index is -4.10. The summed E-state index contributed by atoms with van der Waals surface area (Å²) >= 11 is 0. The van der Waals surface area contributed by atoms with Crippen LogP contribution in [0.2, 0.25) is 0 Å². The molecule has 0 unspecified atom stereocenters. The molecule has 1 aliphatic rings. The van der Waals surface area contributed by atoms with Crippen molar-refractivity contribution >= 4 is 22.3 Å². The number of ether oxygens (including phenoxy) is 2.